The van der Waals surface area contributed by atoms with Crippen molar-refractivity contribution in [1.82, 2.24) is 15.0 Å². The smallest absolute Gasteiger partial charge is 0.262 e. The van der Waals surface area contributed by atoms with Crippen LogP contribution >= 0.6 is 11.8 Å². The Balaban J connectivity index is 1.48. The topological polar surface area (TPSA) is 76.3 Å². The van der Waals surface area contributed by atoms with Crippen molar-refractivity contribution >= 4 is 45.6 Å². The predicted octanol–water partition coefficient (Wildman–Crippen LogP) is 4.37. The minimum atomic E-state index is -0.282. The lowest BCUT2D eigenvalue weighted by molar-refractivity contribution is -0.118. The van der Waals surface area contributed by atoms with Crippen molar-refractivity contribution < 1.29 is 4.79 Å². The first-order valence-electron chi connectivity index (χ1n) is 10.1. The third-order valence-corrected chi connectivity index (χ3v) is 5.78. The van der Waals surface area contributed by atoms with E-state index in [9.17, 15) is 9.59 Å². The summed E-state index contributed by atoms with van der Waals surface area (Å²) in [5.74, 6) is -0.204. The van der Waals surface area contributed by atoms with Gasteiger partial charge in [0.25, 0.3) is 11.5 Å². The molecular formula is C25H22N4O2S. The molecule has 1 N–H and O–H groups in total. The van der Waals surface area contributed by atoms with E-state index in [2.05, 4.69) is 22.1 Å². The normalized spacial score (nSPS) is 11.3. The summed E-state index contributed by atoms with van der Waals surface area (Å²) in [6.07, 6.45) is 1.64. The summed E-state index contributed by atoms with van der Waals surface area (Å²) in [6.45, 7) is 6.10. The molecule has 0 fully saturated rings. The summed E-state index contributed by atoms with van der Waals surface area (Å²) in [7, 11) is 0. The van der Waals surface area contributed by atoms with Gasteiger partial charge < -0.3 is 0 Å². The molecule has 0 atom stereocenters. The molecule has 1 amide bonds. The van der Waals surface area contributed by atoms with Gasteiger partial charge in [0.1, 0.15) is 0 Å². The molecule has 0 saturated heterocycles. The summed E-state index contributed by atoms with van der Waals surface area (Å²) in [5.41, 5.74) is 4.76. The highest BCUT2D eigenvalue weighted by Crippen LogP contribution is 2.19. The highest BCUT2D eigenvalue weighted by molar-refractivity contribution is 7.99. The molecule has 0 aliphatic heterocycles. The molecule has 3 aromatic carbocycles. The Labute approximate surface area is 189 Å². The lowest BCUT2D eigenvalue weighted by Gasteiger charge is -2.12. The van der Waals surface area contributed by atoms with Gasteiger partial charge in [0, 0.05) is 12.1 Å². The molecule has 4 aromatic rings. The number of rotatable bonds is 7. The zero-order valence-electron chi connectivity index (χ0n) is 17.6. The summed E-state index contributed by atoms with van der Waals surface area (Å²) in [4.78, 5) is 29.9. The van der Waals surface area contributed by atoms with Crippen molar-refractivity contribution in [2.24, 2.45) is 5.10 Å². The molecule has 1 aromatic heterocycles. The molecule has 0 spiro atoms. The zero-order chi connectivity index (χ0) is 22.5. The molecule has 0 aliphatic carbocycles. The fourth-order valence-corrected chi connectivity index (χ4v) is 4.16. The third-order valence-electron chi connectivity index (χ3n) is 4.80. The number of carbonyl (C=O) groups excluding carboxylic acids is 1. The largest absolute Gasteiger partial charge is 0.283 e. The van der Waals surface area contributed by atoms with Crippen LogP contribution in [0.4, 0.5) is 0 Å². The van der Waals surface area contributed by atoms with Crippen LogP contribution in [0.5, 0.6) is 0 Å². The lowest BCUT2D eigenvalue weighted by Crippen LogP contribution is -2.25. The van der Waals surface area contributed by atoms with E-state index in [1.807, 2.05) is 61.5 Å². The van der Waals surface area contributed by atoms with Crippen LogP contribution in [0, 0.1) is 0 Å². The van der Waals surface area contributed by atoms with Crippen LogP contribution in [0.1, 0.15) is 12.5 Å². The van der Waals surface area contributed by atoms with Crippen molar-refractivity contribution in [3.05, 3.63) is 94.8 Å². The first-order valence-corrected chi connectivity index (χ1v) is 11.1. The Hall–Kier alpha value is -3.71. The average Bonchev–Trinajstić information content (AvgIpc) is 2.80. The fraction of sp³-hybridized carbons (Fsp3) is 0.120. The van der Waals surface area contributed by atoms with Crippen molar-refractivity contribution in [3.63, 3.8) is 0 Å². The zero-order valence-corrected chi connectivity index (χ0v) is 18.4. The van der Waals surface area contributed by atoms with Crippen LogP contribution in [0.3, 0.4) is 0 Å². The molecule has 0 saturated carbocycles. The number of hydrazone groups is 1. The Morgan fingerprint density at radius 3 is 2.62 bits per heavy atom. The van der Waals surface area contributed by atoms with E-state index in [4.69, 9.17) is 0 Å². The third kappa shape index (κ3) is 4.78. The van der Waals surface area contributed by atoms with Crippen molar-refractivity contribution in [2.75, 3.05) is 5.75 Å². The summed E-state index contributed by atoms with van der Waals surface area (Å²) in [5, 5.41) is 7.29. The monoisotopic (exact) mass is 442 g/mol. The molecule has 0 aliphatic rings. The summed E-state index contributed by atoms with van der Waals surface area (Å²) in [6, 6.07) is 21.1. The van der Waals surface area contributed by atoms with Gasteiger partial charge in [-0.05, 0) is 29.8 Å². The van der Waals surface area contributed by atoms with Crippen LogP contribution in [0.25, 0.3) is 21.7 Å². The minimum Gasteiger partial charge on any atom is -0.283 e. The standard InChI is InChI=1S/C25H22N4O2S/c1-17(2)15-29-24(31)21-12-5-6-13-22(21)27-25(29)32-16-23(30)28-26-14-19-10-7-9-18-8-3-4-11-20(18)19/h3-14H,1,15-16H2,2H3,(H,28,30)/b26-14+. The second-order valence-corrected chi connectivity index (χ2v) is 8.35. The van der Waals surface area contributed by atoms with Crippen LogP contribution < -0.4 is 11.0 Å². The van der Waals surface area contributed by atoms with E-state index in [1.165, 1.54) is 11.8 Å². The number of hydrogen-bond donors (Lipinski definition) is 1. The second-order valence-electron chi connectivity index (χ2n) is 7.41. The first kappa shape index (κ1) is 21.5. The Bertz CT molecular complexity index is 1400. The number of fused-ring (bicyclic) bond motifs is 2. The number of hydrogen-bond acceptors (Lipinski definition) is 5. The molecule has 1 heterocycles. The number of nitrogens with one attached hydrogen (secondary N) is 1. The van der Waals surface area contributed by atoms with E-state index < -0.39 is 0 Å². The molecular weight excluding hydrogens is 420 g/mol. The number of carbonyl (C=O) groups is 1. The van der Waals surface area contributed by atoms with Gasteiger partial charge in [-0.15, -0.1) is 0 Å². The maximum Gasteiger partial charge on any atom is 0.262 e. The Morgan fingerprint density at radius 1 is 1.09 bits per heavy atom. The highest BCUT2D eigenvalue weighted by atomic mass is 32.2. The van der Waals surface area contributed by atoms with E-state index >= 15 is 0 Å². The number of para-hydroxylation sites is 1. The second kappa shape index (κ2) is 9.62. The number of nitrogens with zero attached hydrogens (tertiary/aromatic N) is 3. The molecule has 160 valence electrons. The van der Waals surface area contributed by atoms with E-state index in [1.54, 1.807) is 22.9 Å². The maximum atomic E-state index is 12.9. The molecule has 7 heteroatoms. The number of allylic oxidation sites excluding steroid dienone is 1. The first-order chi connectivity index (χ1) is 15.5. The summed E-state index contributed by atoms with van der Waals surface area (Å²) < 4.78 is 1.56. The summed E-state index contributed by atoms with van der Waals surface area (Å²) >= 11 is 1.20. The molecule has 0 unspecified atom stereocenters. The number of aromatic nitrogens is 2. The highest BCUT2D eigenvalue weighted by Gasteiger charge is 2.13. The lowest BCUT2D eigenvalue weighted by atomic mass is 10.1. The van der Waals surface area contributed by atoms with Crippen molar-refractivity contribution in [3.8, 4) is 0 Å². The molecule has 6 nitrogen and oxygen atoms in total. The quantitative estimate of drug-likeness (QED) is 0.152. The molecule has 4 rings (SSSR count). The van der Waals surface area contributed by atoms with Gasteiger partial charge in [0.05, 0.1) is 22.9 Å². The van der Waals surface area contributed by atoms with Gasteiger partial charge in [0.2, 0.25) is 0 Å². The van der Waals surface area contributed by atoms with Gasteiger partial charge in [-0.3, -0.25) is 14.2 Å². The van der Waals surface area contributed by atoms with Gasteiger partial charge in [-0.2, -0.15) is 5.10 Å². The van der Waals surface area contributed by atoms with Gasteiger partial charge >= 0.3 is 0 Å². The fourth-order valence-electron chi connectivity index (χ4n) is 3.37. The van der Waals surface area contributed by atoms with Gasteiger partial charge in [-0.1, -0.05) is 78.5 Å². The van der Waals surface area contributed by atoms with Crippen LogP contribution in [-0.4, -0.2) is 27.4 Å². The SMILES string of the molecule is C=C(C)Cn1c(SCC(=O)N/N=C/c2cccc3ccccc23)nc2ccccc2c1=O. The van der Waals surface area contributed by atoms with Crippen LogP contribution in [0.2, 0.25) is 0 Å². The van der Waals surface area contributed by atoms with E-state index in [0.717, 1.165) is 21.9 Å². The number of amides is 1. The predicted molar refractivity (Wildman–Crippen MR) is 131 cm³/mol. The molecule has 0 radical (unpaired) electrons. The van der Waals surface area contributed by atoms with Crippen molar-refractivity contribution in [2.45, 2.75) is 18.6 Å². The molecule has 0 bridgehead atoms. The van der Waals surface area contributed by atoms with E-state index in [-0.39, 0.29) is 17.2 Å². The number of thioether (sulfide) groups is 1. The van der Waals surface area contributed by atoms with Crippen LogP contribution in [0.15, 0.2) is 93.9 Å². The Kier molecular flexibility index (Phi) is 6.47. The Morgan fingerprint density at radius 2 is 1.81 bits per heavy atom. The maximum absolute atomic E-state index is 12.9. The average molecular weight is 443 g/mol. The van der Waals surface area contributed by atoms with Gasteiger partial charge in [0.15, 0.2) is 5.16 Å². The minimum absolute atomic E-state index is 0.0772. The van der Waals surface area contributed by atoms with E-state index in [0.29, 0.717) is 22.6 Å². The van der Waals surface area contributed by atoms with Gasteiger partial charge in [-0.25, -0.2) is 10.4 Å². The number of benzene rings is 3. The van der Waals surface area contributed by atoms with Crippen LogP contribution in [-0.2, 0) is 11.3 Å². The molecule has 32 heavy (non-hydrogen) atoms. The van der Waals surface area contributed by atoms with Crippen molar-refractivity contribution in [1.29, 1.82) is 0 Å².